The van der Waals surface area contributed by atoms with Crippen LogP contribution < -0.4 is 11.5 Å². The normalized spacial score (nSPS) is 20.4. The molecule has 3 atom stereocenters. The molecule has 7 heteroatoms. The van der Waals surface area contributed by atoms with Gasteiger partial charge in [-0.3, -0.25) is 0 Å². The van der Waals surface area contributed by atoms with Gasteiger partial charge in [0.2, 0.25) is 0 Å². The van der Waals surface area contributed by atoms with Gasteiger partial charge in [0.05, 0.1) is 0 Å². The van der Waals surface area contributed by atoms with Crippen molar-refractivity contribution < 1.29 is 23.5 Å². The number of halogens is 1. The Kier molecular flexibility index (Phi) is 6.88. The fraction of sp³-hybridized carbons (Fsp3) is 0.600. The molecule has 124 valence electrons. The number of carbonyl (C=O) groups is 2. The third kappa shape index (κ3) is 5.05. The first-order chi connectivity index (χ1) is 10.4. The van der Waals surface area contributed by atoms with Crippen LogP contribution in [0.5, 0.6) is 0 Å². The zero-order chi connectivity index (χ0) is 16.7. The van der Waals surface area contributed by atoms with Gasteiger partial charge in [0, 0.05) is 11.5 Å². The second kappa shape index (κ2) is 8.41. The molecule has 1 aliphatic carbocycles. The summed E-state index contributed by atoms with van der Waals surface area (Å²) in [5.74, 6) is -0.734. The fourth-order valence-electron chi connectivity index (χ4n) is 2.39. The molecule has 0 aromatic carbocycles. The fourth-order valence-corrected chi connectivity index (χ4v) is 2.39. The van der Waals surface area contributed by atoms with Crippen LogP contribution in [0.2, 0.25) is 0 Å². The van der Waals surface area contributed by atoms with Crippen molar-refractivity contribution in [3.05, 3.63) is 23.6 Å². The second-order valence-corrected chi connectivity index (χ2v) is 5.32. The quantitative estimate of drug-likeness (QED) is 0.753. The zero-order valence-corrected chi connectivity index (χ0v) is 12.9. The highest BCUT2D eigenvalue weighted by Gasteiger charge is 2.34. The van der Waals surface area contributed by atoms with Gasteiger partial charge in [-0.05, 0) is 19.3 Å². The molecule has 1 unspecified atom stereocenters. The van der Waals surface area contributed by atoms with Crippen molar-refractivity contribution in [1.29, 1.82) is 0 Å². The van der Waals surface area contributed by atoms with E-state index in [-0.39, 0.29) is 11.5 Å². The number of nitrogens with two attached hydrogens (primary N) is 2. The topological polar surface area (TPSA) is 105 Å². The SMILES string of the molecule is CCCC[C@H](OC(N)=O)C(OC(N)=O)C1=C(F)[C@@H](C)CC=C1. The molecule has 2 amide bonds. The molecule has 0 spiro atoms. The lowest BCUT2D eigenvalue weighted by molar-refractivity contribution is 0.00837. The van der Waals surface area contributed by atoms with E-state index in [0.29, 0.717) is 19.3 Å². The van der Waals surface area contributed by atoms with Crippen LogP contribution in [-0.4, -0.2) is 24.4 Å². The van der Waals surface area contributed by atoms with E-state index in [1.165, 1.54) is 6.08 Å². The minimum Gasteiger partial charge on any atom is -0.442 e. The Morgan fingerprint density at radius 3 is 2.55 bits per heavy atom. The van der Waals surface area contributed by atoms with Gasteiger partial charge >= 0.3 is 12.2 Å². The number of carbonyl (C=O) groups excluding carboxylic acids is 2. The van der Waals surface area contributed by atoms with Crippen molar-refractivity contribution in [2.24, 2.45) is 17.4 Å². The number of rotatable bonds is 7. The molecule has 1 rings (SSSR count). The first-order valence-corrected chi connectivity index (χ1v) is 7.35. The van der Waals surface area contributed by atoms with Gasteiger partial charge < -0.3 is 20.9 Å². The van der Waals surface area contributed by atoms with Gasteiger partial charge in [-0.1, -0.05) is 32.4 Å². The van der Waals surface area contributed by atoms with E-state index < -0.39 is 30.2 Å². The summed E-state index contributed by atoms with van der Waals surface area (Å²) < 4.78 is 24.4. The molecule has 0 fully saturated rings. The number of allylic oxidation sites excluding steroid dienone is 2. The molecule has 0 aromatic rings. The molecular formula is C15H23FN2O4. The molecule has 0 radical (unpaired) electrons. The molecule has 0 saturated heterocycles. The number of ether oxygens (including phenoxy) is 2. The van der Waals surface area contributed by atoms with Gasteiger partial charge in [0.15, 0.2) is 6.10 Å². The second-order valence-electron chi connectivity index (χ2n) is 5.32. The Morgan fingerprint density at radius 1 is 1.36 bits per heavy atom. The molecule has 0 heterocycles. The van der Waals surface area contributed by atoms with E-state index >= 15 is 0 Å². The molecule has 0 bridgehead atoms. The highest BCUT2D eigenvalue weighted by molar-refractivity contribution is 5.66. The third-order valence-corrected chi connectivity index (χ3v) is 3.49. The van der Waals surface area contributed by atoms with Crippen LogP contribution >= 0.6 is 0 Å². The van der Waals surface area contributed by atoms with Crippen molar-refractivity contribution in [1.82, 2.24) is 0 Å². The van der Waals surface area contributed by atoms with E-state index in [1.54, 1.807) is 13.0 Å². The first kappa shape index (κ1) is 18.0. The van der Waals surface area contributed by atoms with Crippen molar-refractivity contribution in [2.45, 2.75) is 51.7 Å². The van der Waals surface area contributed by atoms with E-state index in [9.17, 15) is 14.0 Å². The molecule has 0 saturated carbocycles. The minimum absolute atomic E-state index is 0.167. The molecule has 0 aromatic heterocycles. The van der Waals surface area contributed by atoms with Crippen LogP contribution in [0.25, 0.3) is 0 Å². The summed E-state index contributed by atoms with van der Waals surface area (Å²) in [6.45, 7) is 3.67. The lowest BCUT2D eigenvalue weighted by Crippen LogP contribution is -2.40. The van der Waals surface area contributed by atoms with Gasteiger partial charge in [-0.2, -0.15) is 0 Å². The van der Waals surface area contributed by atoms with Crippen LogP contribution in [0.4, 0.5) is 14.0 Å². The van der Waals surface area contributed by atoms with E-state index in [1.807, 2.05) is 6.92 Å². The maximum atomic E-state index is 14.4. The predicted molar refractivity (Wildman–Crippen MR) is 79.5 cm³/mol. The molecule has 6 nitrogen and oxygen atoms in total. The maximum absolute atomic E-state index is 14.4. The van der Waals surface area contributed by atoms with Crippen LogP contribution in [0.1, 0.15) is 39.5 Å². The van der Waals surface area contributed by atoms with Crippen molar-refractivity contribution >= 4 is 12.2 Å². The Bertz CT molecular complexity index is 476. The monoisotopic (exact) mass is 314 g/mol. The summed E-state index contributed by atoms with van der Waals surface area (Å²) in [6.07, 6.45) is 1.73. The highest BCUT2D eigenvalue weighted by Crippen LogP contribution is 2.32. The van der Waals surface area contributed by atoms with Crippen LogP contribution in [0.15, 0.2) is 23.6 Å². The Balaban J connectivity index is 3.11. The Labute approximate surface area is 129 Å². The lowest BCUT2D eigenvalue weighted by atomic mass is 9.90. The van der Waals surface area contributed by atoms with Gasteiger partial charge in [-0.25, -0.2) is 14.0 Å². The van der Waals surface area contributed by atoms with Gasteiger partial charge in [0.25, 0.3) is 0 Å². The van der Waals surface area contributed by atoms with Gasteiger partial charge in [-0.15, -0.1) is 0 Å². The molecule has 1 aliphatic rings. The standard InChI is InChI=1S/C15H23FN2O4/c1-3-4-8-11(21-14(17)19)13(22-15(18)20)10-7-5-6-9(2)12(10)16/h5,7,9,11,13H,3-4,6,8H2,1-2H3,(H2,17,19)(H2,18,20)/t9-,11-,13?/m0/s1. The summed E-state index contributed by atoms with van der Waals surface area (Å²) in [7, 11) is 0. The maximum Gasteiger partial charge on any atom is 0.405 e. The van der Waals surface area contributed by atoms with E-state index in [2.05, 4.69) is 0 Å². The molecular weight excluding hydrogens is 291 g/mol. The molecule has 22 heavy (non-hydrogen) atoms. The summed E-state index contributed by atoms with van der Waals surface area (Å²) in [5, 5.41) is 0. The summed E-state index contributed by atoms with van der Waals surface area (Å²) >= 11 is 0. The van der Waals surface area contributed by atoms with E-state index in [4.69, 9.17) is 20.9 Å². The average molecular weight is 314 g/mol. The molecule has 4 N–H and O–H groups in total. The van der Waals surface area contributed by atoms with Crippen LogP contribution in [-0.2, 0) is 9.47 Å². The lowest BCUT2D eigenvalue weighted by Gasteiger charge is -2.29. The zero-order valence-electron chi connectivity index (χ0n) is 12.9. The number of amides is 2. The largest absolute Gasteiger partial charge is 0.442 e. The number of unbranched alkanes of at least 4 members (excludes halogenated alkanes) is 1. The van der Waals surface area contributed by atoms with Crippen molar-refractivity contribution in [3.8, 4) is 0 Å². The minimum atomic E-state index is -1.10. The summed E-state index contributed by atoms with van der Waals surface area (Å²) in [4.78, 5) is 22.3. The highest BCUT2D eigenvalue weighted by atomic mass is 19.1. The van der Waals surface area contributed by atoms with Crippen molar-refractivity contribution in [2.75, 3.05) is 0 Å². The van der Waals surface area contributed by atoms with Crippen LogP contribution in [0.3, 0.4) is 0 Å². The van der Waals surface area contributed by atoms with Crippen molar-refractivity contribution in [3.63, 3.8) is 0 Å². The number of hydrogen-bond donors (Lipinski definition) is 2. The predicted octanol–water partition coefficient (Wildman–Crippen LogP) is 2.92. The van der Waals surface area contributed by atoms with Gasteiger partial charge in [0.1, 0.15) is 11.9 Å². The Hall–Kier alpha value is -2.05. The smallest absolute Gasteiger partial charge is 0.405 e. The summed E-state index contributed by atoms with van der Waals surface area (Å²) in [6, 6.07) is 0. The Morgan fingerprint density at radius 2 is 2.00 bits per heavy atom. The summed E-state index contributed by atoms with van der Waals surface area (Å²) in [5.41, 5.74) is 10.3. The molecule has 0 aliphatic heterocycles. The van der Waals surface area contributed by atoms with Crippen LogP contribution in [0, 0.1) is 5.92 Å². The van der Waals surface area contributed by atoms with E-state index in [0.717, 1.165) is 6.42 Å². The average Bonchev–Trinajstić information content (AvgIpc) is 2.43. The number of hydrogen-bond acceptors (Lipinski definition) is 4. The number of primary amides is 2. The first-order valence-electron chi connectivity index (χ1n) is 7.35. The third-order valence-electron chi connectivity index (χ3n) is 3.49.